The van der Waals surface area contributed by atoms with Crippen LogP contribution in [0.2, 0.25) is 0 Å². The van der Waals surface area contributed by atoms with Crippen LogP contribution in [0.1, 0.15) is 0 Å². The molecule has 3 aromatic rings. The van der Waals surface area contributed by atoms with E-state index in [1.54, 1.807) is 6.33 Å². The summed E-state index contributed by atoms with van der Waals surface area (Å²) >= 11 is 1.09. The summed E-state index contributed by atoms with van der Waals surface area (Å²) in [7, 11) is 0. The second kappa shape index (κ2) is 3.54. The van der Waals surface area contributed by atoms with Crippen LogP contribution in [0.3, 0.4) is 0 Å². The standard InChI is InChI=1S/C12H7N3S/c13-7-16-12-11-6-5-9-3-1-2-4-10(9)15(11)8-14-12/h1-6,8H. The minimum absolute atomic E-state index is 0.758. The molecule has 1 aromatic carbocycles. The molecule has 0 atom stereocenters. The van der Waals surface area contributed by atoms with Crippen molar-refractivity contribution in [2.45, 2.75) is 5.03 Å². The Kier molecular flexibility index (Phi) is 2.05. The van der Waals surface area contributed by atoms with Crippen LogP contribution in [0, 0.1) is 10.7 Å². The molecule has 0 aliphatic rings. The number of pyridine rings is 1. The van der Waals surface area contributed by atoms with Crippen LogP contribution in [0.15, 0.2) is 47.8 Å². The Morgan fingerprint density at radius 3 is 2.88 bits per heavy atom. The molecule has 0 amide bonds. The maximum Gasteiger partial charge on any atom is 0.140 e. The summed E-state index contributed by atoms with van der Waals surface area (Å²) in [4.78, 5) is 4.24. The highest BCUT2D eigenvalue weighted by Gasteiger charge is 2.06. The van der Waals surface area contributed by atoms with Crippen molar-refractivity contribution in [3.8, 4) is 5.40 Å². The predicted octanol–water partition coefficient (Wildman–Crippen LogP) is 3.06. The SMILES string of the molecule is N#CSc1ncn2c1ccc1ccccc12. The summed E-state index contributed by atoms with van der Waals surface area (Å²) in [5.74, 6) is 0. The van der Waals surface area contributed by atoms with E-state index in [9.17, 15) is 0 Å². The van der Waals surface area contributed by atoms with E-state index in [0.717, 1.165) is 27.8 Å². The zero-order valence-electron chi connectivity index (χ0n) is 8.29. The highest BCUT2D eigenvalue weighted by atomic mass is 32.2. The smallest absolute Gasteiger partial charge is 0.140 e. The number of para-hydroxylation sites is 1. The van der Waals surface area contributed by atoms with Gasteiger partial charge in [-0.1, -0.05) is 24.3 Å². The van der Waals surface area contributed by atoms with Crippen LogP contribution in [-0.4, -0.2) is 9.38 Å². The lowest BCUT2D eigenvalue weighted by atomic mass is 10.2. The Morgan fingerprint density at radius 2 is 2.00 bits per heavy atom. The molecule has 2 aromatic heterocycles. The first-order chi connectivity index (χ1) is 7.90. The summed E-state index contributed by atoms with van der Waals surface area (Å²) < 4.78 is 2.01. The molecular weight excluding hydrogens is 218 g/mol. The zero-order chi connectivity index (χ0) is 11.0. The molecule has 0 spiro atoms. The molecule has 0 radical (unpaired) electrons. The maximum atomic E-state index is 8.67. The number of thiocyanates is 1. The Morgan fingerprint density at radius 1 is 1.12 bits per heavy atom. The number of aromatic nitrogens is 2. The van der Waals surface area contributed by atoms with Crippen LogP contribution in [-0.2, 0) is 0 Å². The fourth-order valence-corrected chi connectivity index (χ4v) is 2.28. The molecule has 0 N–H and O–H groups in total. The lowest BCUT2D eigenvalue weighted by Crippen LogP contribution is -1.85. The summed E-state index contributed by atoms with van der Waals surface area (Å²) in [6, 6.07) is 12.2. The highest BCUT2D eigenvalue weighted by molar-refractivity contribution is 8.03. The van der Waals surface area contributed by atoms with Crippen molar-refractivity contribution >= 4 is 28.2 Å². The van der Waals surface area contributed by atoms with Crippen LogP contribution in [0.5, 0.6) is 0 Å². The first-order valence-electron chi connectivity index (χ1n) is 4.81. The van der Waals surface area contributed by atoms with Gasteiger partial charge in [0, 0.05) is 11.8 Å². The monoisotopic (exact) mass is 225 g/mol. The van der Waals surface area contributed by atoms with Crippen molar-refractivity contribution in [3.63, 3.8) is 0 Å². The van der Waals surface area contributed by atoms with Gasteiger partial charge in [-0.3, -0.25) is 4.40 Å². The zero-order valence-corrected chi connectivity index (χ0v) is 9.11. The van der Waals surface area contributed by atoms with Crippen molar-refractivity contribution in [2.24, 2.45) is 0 Å². The molecule has 0 bridgehead atoms. The lowest BCUT2D eigenvalue weighted by molar-refractivity contribution is 1.18. The van der Waals surface area contributed by atoms with Crippen LogP contribution in [0.4, 0.5) is 0 Å². The molecule has 4 heteroatoms. The normalized spacial score (nSPS) is 10.7. The van der Waals surface area contributed by atoms with Crippen molar-refractivity contribution in [3.05, 3.63) is 42.7 Å². The minimum atomic E-state index is 0.758. The first-order valence-corrected chi connectivity index (χ1v) is 5.62. The van der Waals surface area contributed by atoms with Crippen LogP contribution in [0.25, 0.3) is 16.4 Å². The topological polar surface area (TPSA) is 41.1 Å². The van der Waals surface area contributed by atoms with Crippen molar-refractivity contribution in [1.29, 1.82) is 5.26 Å². The van der Waals surface area contributed by atoms with E-state index in [-0.39, 0.29) is 0 Å². The number of rotatable bonds is 1. The second-order valence-electron chi connectivity index (χ2n) is 3.39. The number of nitrogens with zero attached hydrogens (tertiary/aromatic N) is 3. The molecule has 76 valence electrons. The number of thioether (sulfide) groups is 1. The van der Waals surface area contributed by atoms with E-state index in [1.165, 1.54) is 5.39 Å². The Balaban J connectivity index is 2.41. The van der Waals surface area contributed by atoms with E-state index >= 15 is 0 Å². The molecule has 0 saturated heterocycles. The van der Waals surface area contributed by atoms with Gasteiger partial charge in [-0.05, 0) is 17.5 Å². The predicted molar refractivity (Wildman–Crippen MR) is 64.2 cm³/mol. The number of hydrogen-bond acceptors (Lipinski definition) is 3. The first kappa shape index (κ1) is 9.25. The average Bonchev–Trinajstić information content (AvgIpc) is 2.73. The third kappa shape index (κ3) is 1.26. The van der Waals surface area contributed by atoms with Gasteiger partial charge >= 0.3 is 0 Å². The molecule has 0 fully saturated rings. The van der Waals surface area contributed by atoms with Gasteiger partial charge < -0.3 is 0 Å². The molecule has 3 rings (SSSR count). The van der Waals surface area contributed by atoms with Crippen LogP contribution >= 0.6 is 11.8 Å². The van der Waals surface area contributed by atoms with E-state index in [0.29, 0.717) is 0 Å². The molecule has 0 saturated carbocycles. The number of hydrogen-bond donors (Lipinski definition) is 0. The van der Waals surface area contributed by atoms with Gasteiger partial charge in [0.15, 0.2) is 0 Å². The van der Waals surface area contributed by atoms with E-state index in [1.807, 2.05) is 34.7 Å². The molecule has 0 unspecified atom stereocenters. The number of fused-ring (bicyclic) bond motifs is 3. The molecule has 16 heavy (non-hydrogen) atoms. The van der Waals surface area contributed by atoms with Gasteiger partial charge in [0.25, 0.3) is 0 Å². The Labute approximate surface area is 96.3 Å². The third-order valence-electron chi connectivity index (χ3n) is 2.53. The van der Waals surface area contributed by atoms with E-state index in [2.05, 4.69) is 16.5 Å². The summed E-state index contributed by atoms with van der Waals surface area (Å²) in [5, 5.41) is 12.7. The molecule has 0 aliphatic heterocycles. The maximum absolute atomic E-state index is 8.67. The highest BCUT2D eigenvalue weighted by Crippen LogP contribution is 2.24. The number of benzene rings is 1. The van der Waals surface area contributed by atoms with Gasteiger partial charge in [-0.2, -0.15) is 5.26 Å². The molecule has 2 heterocycles. The van der Waals surface area contributed by atoms with E-state index in [4.69, 9.17) is 5.26 Å². The molecule has 3 nitrogen and oxygen atoms in total. The third-order valence-corrected chi connectivity index (χ3v) is 3.13. The number of nitriles is 1. The van der Waals surface area contributed by atoms with Crippen molar-refractivity contribution < 1.29 is 0 Å². The Bertz CT molecular complexity index is 709. The van der Waals surface area contributed by atoms with Gasteiger partial charge in [-0.25, -0.2) is 4.98 Å². The second-order valence-corrected chi connectivity index (χ2v) is 4.16. The average molecular weight is 225 g/mol. The number of imidazole rings is 1. The Hall–Kier alpha value is -1.99. The van der Waals surface area contributed by atoms with Gasteiger partial charge in [0.1, 0.15) is 16.8 Å². The lowest BCUT2D eigenvalue weighted by Gasteiger charge is -2.01. The summed E-state index contributed by atoms with van der Waals surface area (Å²) in [5.41, 5.74) is 2.09. The van der Waals surface area contributed by atoms with Gasteiger partial charge in [0.2, 0.25) is 0 Å². The molecule has 0 aliphatic carbocycles. The summed E-state index contributed by atoms with van der Waals surface area (Å²) in [6.45, 7) is 0. The van der Waals surface area contributed by atoms with E-state index < -0.39 is 0 Å². The van der Waals surface area contributed by atoms with Crippen LogP contribution < -0.4 is 0 Å². The van der Waals surface area contributed by atoms with Crippen molar-refractivity contribution in [2.75, 3.05) is 0 Å². The largest absolute Gasteiger partial charge is 0.298 e. The minimum Gasteiger partial charge on any atom is -0.298 e. The van der Waals surface area contributed by atoms with Gasteiger partial charge in [-0.15, -0.1) is 0 Å². The fraction of sp³-hybridized carbons (Fsp3) is 0. The van der Waals surface area contributed by atoms with Gasteiger partial charge in [0.05, 0.1) is 11.0 Å². The molecular formula is C12H7N3S. The van der Waals surface area contributed by atoms with Crippen molar-refractivity contribution in [1.82, 2.24) is 9.38 Å². The fourth-order valence-electron chi connectivity index (χ4n) is 1.82. The quantitative estimate of drug-likeness (QED) is 0.472. The summed E-state index contributed by atoms with van der Waals surface area (Å²) in [6.07, 6.45) is 1.76.